The summed E-state index contributed by atoms with van der Waals surface area (Å²) in [5.41, 5.74) is 6.84. The molecule has 0 fully saturated rings. The van der Waals surface area contributed by atoms with Crippen LogP contribution in [0.5, 0.6) is 0 Å². The van der Waals surface area contributed by atoms with Gasteiger partial charge in [0.25, 0.3) is 0 Å². The van der Waals surface area contributed by atoms with Crippen LogP contribution in [0.4, 0.5) is 0 Å². The number of benzene rings is 1. The molecule has 0 heterocycles. The van der Waals surface area contributed by atoms with Gasteiger partial charge in [-0.1, -0.05) is 62.8 Å². The molecule has 2 unspecified atom stereocenters. The molecule has 0 amide bonds. The molecule has 1 rings (SSSR count). The molecule has 3 N–H and O–H groups in total. The zero-order chi connectivity index (χ0) is 14.1. The zero-order valence-electron chi connectivity index (χ0n) is 11.8. The van der Waals surface area contributed by atoms with E-state index in [9.17, 15) is 5.11 Å². The summed E-state index contributed by atoms with van der Waals surface area (Å²) in [6, 6.07) is 7.65. The summed E-state index contributed by atoms with van der Waals surface area (Å²) in [6.07, 6.45) is 6.49. The van der Waals surface area contributed by atoms with Gasteiger partial charge in [-0.3, -0.25) is 0 Å². The Hall–Kier alpha value is -0.570. The molecule has 0 saturated heterocycles. The van der Waals surface area contributed by atoms with E-state index in [2.05, 4.69) is 6.92 Å². The van der Waals surface area contributed by atoms with Gasteiger partial charge in [-0.25, -0.2) is 0 Å². The van der Waals surface area contributed by atoms with E-state index in [1.54, 1.807) is 0 Å². The average molecular weight is 284 g/mol. The molecule has 19 heavy (non-hydrogen) atoms. The molecule has 1 aromatic carbocycles. The number of nitrogens with two attached hydrogens (primary N) is 1. The van der Waals surface area contributed by atoms with Crippen molar-refractivity contribution in [2.45, 2.75) is 57.5 Å². The summed E-state index contributed by atoms with van der Waals surface area (Å²) < 4.78 is 0. The van der Waals surface area contributed by atoms with Gasteiger partial charge in [-0.15, -0.1) is 0 Å². The summed E-state index contributed by atoms with van der Waals surface area (Å²) in [6.45, 7) is 2.66. The van der Waals surface area contributed by atoms with E-state index in [1.807, 2.05) is 24.3 Å². The van der Waals surface area contributed by atoms with Crippen LogP contribution >= 0.6 is 11.6 Å². The van der Waals surface area contributed by atoms with Crippen LogP contribution in [0.3, 0.4) is 0 Å². The van der Waals surface area contributed by atoms with Crippen molar-refractivity contribution in [1.82, 2.24) is 0 Å². The summed E-state index contributed by atoms with van der Waals surface area (Å²) >= 11 is 5.99. The van der Waals surface area contributed by atoms with Gasteiger partial charge in [0.15, 0.2) is 0 Å². The third kappa shape index (κ3) is 5.94. The number of hydrogen-bond acceptors (Lipinski definition) is 2. The third-order valence-corrected chi connectivity index (χ3v) is 3.83. The largest absolute Gasteiger partial charge is 0.392 e. The standard InChI is InChI=1S/C16H26ClNO/c1-2-3-4-5-6-10-16(19)15(12-18)13-8-7-9-14(17)11-13/h7-9,11,15-16,19H,2-6,10,12,18H2,1H3. The molecule has 108 valence electrons. The number of hydrogen-bond donors (Lipinski definition) is 2. The molecule has 0 aromatic heterocycles. The van der Waals surface area contributed by atoms with Crippen LogP contribution in [-0.2, 0) is 0 Å². The quantitative estimate of drug-likeness (QED) is 0.670. The van der Waals surface area contributed by atoms with Gasteiger partial charge in [0.2, 0.25) is 0 Å². The minimum absolute atomic E-state index is 0.00937. The van der Waals surface area contributed by atoms with Crippen molar-refractivity contribution in [1.29, 1.82) is 0 Å². The van der Waals surface area contributed by atoms with E-state index < -0.39 is 0 Å². The highest BCUT2D eigenvalue weighted by atomic mass is 35.5. The summed E-state index contributed by atoms with van der Waals surface area (Å²) in [4.78, 5) is 0. The lowest BCUT2D eigenvalue weighted by molar-refractivity contribution is 0.132. The molecule has 0 bridgehead atoms. The van der Waals surface area contributed by atoms with E-state index in [0.717, 1.165) is 18.4 Å². The first kappa shape index (κ1) is 16.5. The smallest absolute Gasteiger partial charge is 0.0620 e. The molecule has 0 aliphatic carbocycles. The number of halogens is 1. The molecule has 3 heteroatoms. The normalized spacial score (nSPS) is 14.3. The number of rotatable bonds is 9. The highest BCUT2D eigenvalue weighted by Gasteiger charge is 2.19. The second-order valence-corrected chi connectivity index (χ2v) is 5.60. The maximum absolute atomic E-state index is 10.3. The van der Waals surface area contributed by atoms with Crippen molar-refractivity contribution in [2.75, 3.05) is 6.54 Å². The van der Waals surface area contributed by atoms with Gasteiger partial charge in [0.05, 0.1) is 6.10 Å². The lowest BCUT2D eigenvalue weighted by atomic mass is 9.90. The van der Waals surface area contributed by atoms with Crippen LogP contribution in [0.25, 0.3) is 0 Å². The molecular weight excluding hydrogens is 258 g/mol. The minimum Gasteiger partial charge on any atom is -0.392 e. The van der Waals surface area contributed by atoms with Crippen molar-refractivity contribution in [3.8, 4) is 0 Å². The van der Waals surface area contributed by atoms with E-state index >= 15 is 0 Å². The monoisotopic (exact) mass is 283 g/mol. The highest BCUT2D eigenvalue weighted by Crippen LogP contribution is 2.24. The van der Waals surface area contributed by atoms with Crippen LogP contribution < -0.4 is 5.73 Å². The Balaban J connectivity index is 2.45. The lowest BCUT2D eigenvalue weighted by Crippen LogP contribution is -2.25. The predicted octanol–water partition coefficient (Wildman–Crippen LogP) is 4.10. The van der Waals surface area contributed by atoms with Crippen LogP contribution in [-0.4, -0.2) is 17.8 Å². The summed E-state index contributed by atoms with van der Waals surface area (Å²) in [5.74, 6) is -0.00937. The Bertz CT molecular complexity index is 356. The Morgan fingerprint density at radius 1 is 1.21 bits per heavy atom. The molecular formula is C16H26ClNO. The first-order valence-corrected chi connectivity index (χ1v) is 7.70. The fraction of sp³-hybridized carbons (Fsp3) is 0.625. The maximum Gasteiger partial charge on any atom is 0.0620 e. The molecule has 0 radical (unpaired) electrons. The van der Waals surface area contributed by atoms with Gasteiger partial charge in [-0.2, -0.15) is 0 Å². The topological polar surface area (TPSA) is 46.2 Å². The SMILES string of the molecule is CCCCCCCC(O)C(CN)c1cccc(Cl)c1. The molecule has 0 saturated carbocycles. The van der Waals surface area contributed by atoms with Gasteiger partial charge in [0.1, 0.15) is 0 Å². The number of aliphatic hydroxyl groups is 1. The number of aliphatic hydroxyl groups excluding tert-OH is 1. The maximum atomic E-state index is 10.3. The first-order chi connectivity index (χ1) is 9.19. The number of unbranched alkanes of at least 4 members (excludes halogenated alkanes) is 4. The Labute approximate surface area is 122 Å². The van der Waals surface area contributed by atoms with Crippen molar-refractivity contribution in [3.63, 3.8) is 0 Å². The zero-order valence-corrected chi connectivity index (χ0v) is 12.6. The highest BCUT2D eigenvalue weighted by molar-refractivity contribution is 6.30. The van der Waals surface area contributed by atoms with Gasteiger partial charge in [0, 0.05) is 17.5 Å². The second-order valence-electron chi connectivity index (χ2n) is 5.17. The van der Waals surface area contributed by atoms with Crippen molar-refractivity contribution < 1.29 is 5.11 Å². The van der Waals surface area contributed by atoms with Crippen molar-refractivity contribution in [2.24, 2.45) is 5.73 Å². The van der Waals surface area contributed by atoms with E-state index in [0.29, 0.717) is 11.6 Å². The van der Waals surface area contributed by atoms with Crippen LogP contribution in [0.1, 0.15) is 56.9 Å². The lowest BCUT2D eigenvalue weighted by Gasteiger charge is -2.22. The van der Waals surface area contributed by atoms with Crippen molar-refractivity contribution >= 4 is 11.6 Å². The van der Waals surface area contributed by atoms with Gasteiger partial charge in [-0.05, 0) is 24.1 Å². The summed E-state index contributed by atoms with van der Waals surface area (Å²) in [7, 11) is 0. The Kier molecular flexibility index (Phi) is 8.11. The van der Waals surface area contributed by atoms with Gasteiger partial charge >= 0.3 is 0 Å². The summed E-state index contributed by atoms with van der Waals surface area (Å²) in [5, 5.41) is 11.0. The molecule has 0 aliphatic rings. The third-order valence-electron chi connectivity index (χ3n) is 3.60. The predicted molar refractivity (Wildman–Crippen MR) is 82.6 cm³/mol. The Morgan fingerprint density at radius 2 is 1.95 bits per heavy atom. The van der Waals surface area contributed by atoms with E-state index in [1.165, 1.54) is 25.7 Å². The average Bonchev–Trinajstić information content (AvgIpc) is 2.39. The van der Waals surface area contributed by atoms with Gasteiger partial charge < -0.3 is 10.8 Å². The second kappa shape index (κ2) is 9.35. The molecule has 2 nitrogen and oxygen atoms in total. The Morgan fingerprint density at radius 3 is 2.58 bits per heavy atom. The fourth-order valence-corrected chi connectivity index (χ4v) is 2.61. The van der Waals surface area contributed by atoms with Crippen LogP contribution in [0.2, 0.25) is 5.02 Å². The fourth-order valence-electron chi connectivity index (χ4n) is 2.41. The van der Waals surface area contributed by atoms with E-state index in [-0.39, 0.29) is 12.0 Å². The molecule has 0 spiro atoms. The molecule has 0 aliphatic heterocycles. The van der Waals surface area contributed by atoms with E-state index in [4.69, 9.17) is 17.3 Å². The molecule has 1 aromatic rings. The molecule has 2 atom stereocenters. The first-order valence-electron chi connectivity index (χ1n) is 7.32. The van der Waals surface area contributed by atoms with Crippen molar-refractivity contribution in [3.05, 3.63) is 34.9 Å². The minimum atomic E-state index is -0.370. The van der Waals surface area contributed by atoms with Crippen LogP contribution in [0, 0.1) is 0 Å². The van der Waals surface area contributed by atoms with Crippen LogP contribution in [0.15, 0.2) is 24.3 Å².